The van der Waals surface area contributed by atoms with E-state index in [0.717, 1.165) is 10.9 Å². The van der Waals surface area contributed by atoms with Crippen molar-refractivity contribution in [1.82, 2.24) is 10.3 Å². The van der Waals surface area contributed by atoms with Gasteiger partial charge in [-0.2, -0.15) is 0 Å². The number of carbonyl (C=O) groups excluding carboxylic acids is 3. The molecule has 0 radical (unpaired) electrons. The number of benzene rings is 1. The average molecular weight is 346 g/mol. The number of carbonyl (C=O) groups is 3. The fourth-order valence-corrected chi connectivity index (χ4v) is 2.46. The Kier molecular flexibility index (Phi) is 6.16. The largest absolute Gasteiger partial charge is 0.465 e. The predicted molar refractivity (Wildman–Crippen MR) is 91.4 cm³/mol. The van der Waals surface area contributed by atoms with E-state index in [9.17, 15) is 14.4 Å². The van der Waals surface area contributed by atoms with Crippen LogP contribution in [0.5, 0.6) is 0 Å². The zero-order valence-corrected chi connectivity index (χ0v) is 14.5. The lowest BCUT2D eigenvalue weighted by molar-refractivity contribution is -0.167. The molecule has 0 aliphatic rings. The standard InChI is InChI=1S/C18H22N2O5/c1-4-13(17(22)24-5-2)18(23)25-16(19-11(3)21)15-10-12-8-6-7-9-14(12)20-15/h6-10,13,16,20H,4-5H2,1-3H3,(H,19,21)/t13-,16+/m0/s1. The number of esters is 2. The van der Waals surface area contributed by atoms with Gasteiger partial charge in [0.2, 0.25) is 12.1 Å². The molecule has 134 valence electrons. The zero-order chi connectivity index (χ0) is 18.4. The maximum Gasteiger partial charge on any atom is 0.322 e. The quantitative estimate of drug-likeness (QED) is 0.456. The van der Waals surface area contributed by atoms with Crippen molar-refractivity contribution >= 4 is 28.7 Å². The summed E-state index contributed by atoms with van der Waals surface area (Å²) in [4.78, 5) is 38.9. The highest BCUT2D eigenvalue weighted by Gasteiger charge is 2.31. The first-order valence-electron chi connectivity index (χ1n) is 8.18. The van der Waals surface area contributed by atoms with Crippen LogP contribution in [0.4, 0.5) is 0 Å². The number of fused-ring (bicyclic) bond motifs is 1. The number of amides is 1. The number of nitrogens with one attached hydrogen (secondary N) is 2. The van der Waals surface area contributed by atoms with Gasteiger partial charge in [-0.05, 0) is 30.9 Å². The predicted octanol–water partition coefficient (Wildman–Crippen LogP) is 2.44. The summed E-state index contributed by atoms with van der Waals surface area (Å²) in [5, 5.41) is 3.49. The molecule has 2 aromatic rings. The van der Waals surface area contributed by atoms with E-state index in [1.54, 1.807) is 19.9 Å². The third-order valence-electron chi connectivity index (χ3n) is 3.67. The molecule has 0 saturated heterocycles. The number of aromatic nitrogens is 1. The van der Waals surface area contributed by atoms with Crippen LogP contribution in [-0.2, 0) is 23.9 Å². The Bertz CT molecular complexity index is 735. The summed E-state index contributed by atoms with van der Waals surface area (Å²) in [6, 6.07) is 9.31. The molecule has 2 rings (SSSR count). The smallest absolute Gasteiger partial charge is 0.322 e. The van der Waals surface area contributed by atoms with E-state index < -0.39 is 24.1 Å². The normalized spacial score (nSPS) is 13.1. The summed E-state index contributed by atoms with van der Waals surface area (Å²) in [5.41, 5.74) is 1.37. The molecule has 1 aromatic heterocycles. The van der Waals surface area contributed by atoms with Gasteiger partial charge in [0.25, 0.3) is 0 Å². The highest BCUT2D eigenvalue weighted by atomic mass is 16.6. The number of hydrogen-bond acceptors (Lipinski definition) is 5. The molecule has 0 bridgehead atoms. The first-order valence-corrected chi connectivity index (χ1v) is 8.18. The zero-order valence-electron chi connectivity index (χ0n) is 14.5. The fourth-order valence-electron chi connectivity index (χ4n) is 2.46. The van der Waals surface area contributed by atoms with Crippen LogP contribution in [0, 0.1) is 5.92 Å². The van der Waals surface area contributed by atoms with Gasteiger partial charge in [-0.3, -0.25) is 14.4 Å². The van der Waals surface area contributed by atoms with Crippen molar-refractivity contribution in [2.75, 3.05) is 6.61 Å². The second-order valence-electron chi connectivity index (χ2n) is 5.54. The number of aromatic amines is 1. The van der Waals surface area contributed by atoms with Gasteiger partial charge in [-0.15, -0.1) is 0 Å². The minimum absolute atomic E-state index is 0.180. The number of para-hydroxylation sites is 1. The Hall–Kier alpha value is -2.83. The maximum absolute atomic E-state index is 12.4. The SMILES string of the molecule is CCOC(=O)[C@H](CC)C(=O)O[C@@H](NC(C)=O)c1cc2ccccc2[nH]1. The number of H-pyrrole nitrogens is 1. The van der Waals surface area contributed by atoms with Crippen molar-refractivity contribution in [2.45, 2.75) is 33.4 Å². The molecule has 0 aliphatic heterocycles. The van der Waals surface area contributed by atoms with Gasteiger partial charge in [0.15, 0.2) is 5.92 Å². The summed E-state index contributed by atoms with van der Waals surface area (Å²) in [5.74, 6) is -2.76. The van der Waals surface area contributed by atoms with E-state index >= 15 is 0 Å². The molecule has 0 fully saturated rings. The molecular weight excluding hydrogens is 324 g/mol. The van der Waals surface area contributed by atoms with Crippen LogP contribution in [-0.4, -0.2) is 29.4 Å². The lowest BCUT2D eigenvalue weighted by Gasteiger charge is -2.20. The number of ether oxygens (including phenoxy) is 2. The molecule has 25 heavy (non-hydrogen) atoms. The Morgan fingerprint density at radius 2 is 1.88 bits per heavy atom. The molecule has 7 heteroatoms. The van der Waals surface area contributed by atoms with E-state index in [-0.39, 0.29) is 18.9 Å². The number of rotatable bonds is 7. The van der Waals surface area contributed by atoms with Gasteiger partial charge in [0, 0.05) is 12.4 Å². The highest BCUT2D eigenvalue weighted by Crippen LogP contribution is 2.22. The van der Waals surface area contributed by atoms with Gasteiger partial charge in [0.1, 0.15) is 0 Å². The van der Waals surface area contributed by atoms with E-state index in [1.807, 2.05) is 24.3 Å². The lowest BCUT2D eigenvalue weighted by atomic mass is 10.1. The van der Waals surface area contributed by atoms with Crippen LogP contribution in [0.25, 0.3) is 10.9 Å². The van der Waals surface area contributed by atoms with Crippen molar-refractivity contribution in [3.8, 4) is 0 Å². The van der Waals surface area contributed by atoms with Crippen LogP contribution >= 0.6 is 0 Å². The Morgan fingerprint density at radius 1 is 1.16 bits per heavy atom. The Morgan fingerprint density at radius 3 is 2.48 bits per heavy atom. The van der Waals surface area contributed by atoms with Crippen LogP contribution < -0.4 is 5.32 Å². The van der Waals surface area contributed by atoms with Crippen molar-refractivity contribution in [3.63, 3.8) is 0 Å². The molecule has 0 unspecified atom stereocenters. The topological polar surface area (TPSA) is 97.5 Å². The third kappa shape index (κ3) is 4.59. The minimum Gasteiger partial charge on any atom is -0.465 e. The summed E-state index contributed by atoms with van der Waals surface area (Å²) < 4.78 is 10.3. The molecular formula is C18H22N2O5. The summed E-state index contributed by atoms with van der Waals surface area (Å²) >= 11 is 0. The third-order valence-corrected chi connectivity index (χ3v) is 3.67. The number of hydrogen-bond donors (Lipinski definition) is 2. The Labute approximate surface area is 145 Å². The summed E-state index contributed by atoms with van der Waals surface area (Å²) in [7, 11) is 0. The van der Waals surface area contributed by atoms with Crippen LogP contribution in [0.15, 0.2) is 30.3 Å². The van der Waals surface area contributed by atoms with Gasteiger partial charge >= 0.3 is 11.9 Å². The van der Waals surface area contributed by atoms with Crippen LogP contribution in [0.3, 0.4) is 0 Å². The average Bonchev–Trinajstić information content (AvgIpc) is 2.98. The first-order chi connectivity index (χ1) is 12.0. The van der Waals surface area contributed by atoms with Crippen molar-refractivity contribution < 1.29 is 23.9 Å². The molecule has 7 nitrogen and oxygen atoms in total. The highest BCUT2D eigenvalue weighted by molar-refractivity contribution is 5.95. The van der Waals surface area contributed by atoms with Gasteiger partial charge in [-0.25, -0.2) is 0 Å². The van der Waals surface area contributed by atoms with E-state index in [1.165, 1.54) is 6.92 Å². The van der Waals surface area contributed by atoms with Gasteiger partial charge in [-0.1, -0.05) is 25.1 Å². The molecule has 2 atom stereocenters. The minimum atomic E-state index is -1.03. The lowest BCUT2D eigenvalue weighted by Crippen LogP contribution is -2.34. The molecule has 0 aliphatic carbocycles. The second-order valence-corrected chi connectivity index (χ2v) is 5.54. The van der Waals surface area contributed by atoms with Crippen LogP contribution in [0.1, 0.15) is 39.1 Å². The summed E-state index contributed by atoms with van der Waals surface area (Å²) in [6.07, 6.45) is -0.766. The molecule has 1 heterocycles. The molecule has 1 amide bonds. The van der Waals surface area contributed by atoms with Crippen molar-refractivity contribution in [1.29, 1.82) is 0 Å². The van der Waals surface area contributed by atoms with E-state index in [4.69, 9.17) is 9.47 Å². The molecule has 0 saturated carbocycles. The summed E-state index contributed by atoms with van der Waals surface area (Å²) in [6.45, 7) is 4.87. The Balaban J connectivity index is 2.23. The fraction of sp³-hybridized carbons (Fsp3) is 0.389. The second kappa shape index (κ2) is 8.32. The van der Waals surface area contributed by atoms with Crippen molar-refractivity contribution in [3.05, 3.63) is 36.0 Å². The molecule has 0 spiro atoms. The van der Waals surface area contributed by atoms with E-state index in [0.29, 0.717) is 5.69 Å². The maximum atomic E-state index is 12.4. The first kappa shape index (κ1) is 18.5. The van der Waals surface area contributed by atoms with E-state index in [2.05, 4.69) is 10.3 Å². The van der Waals surface area contributed by atoms with Gasteiger partial charge in [0.05, 0.1) is 12.3 Å². The molecule has 2 N–H and O–H groups in total. The van der Waals surface area contributed by atoms with Crippen LogP contribution in [0.2, 0.25) is 0 Å². The molecule has 1 aromatic carbocycles. The monoisotopic (exact) mass is 346 g/mol. The van der Waals surface area contributed by atoms with Gasteiger partial charge < -0.3 is 19.8 Å². The van der Waals surface area contributed by atoms with Crippen molar-refractivity contribution in [2.24, 2.45) is 5.92 Å².